The molecule has 2 aromatic carbocycles. The highest BCUT2D eigenvalue weighted by molar-refractivity contribution is 8.00. The fourth-order valence-corrected chi connectivity index (χ4v) is 4.19. The SMILES string of the molecule is Fc1cc(NC2(c3ccccc3)CC2)c(Cl)cc1SNc1cscn1. The van der Waals surface area contributed by atoms with Gasteiger partial charge in [0.05, 0.1) is 26.7 Å². The van der Waals surface area contributed by atoms with E-state index in [2.05, 4.69) is 27.2 Å². The molecule has 0 spiro atoms. The highest BCUT2D eigenvalue weighted by Gasteiger charge is 2.44. The van der Waals surface area contributed by atoms with Gasteiger partial charge < -0.3 is 10.0 Å². The molecule has 0 amide bonds. The number of nitrogens with zero attached hydrogens (tertiary/aromatic N) is 1. The second-order valence-electron chi connectivity index (χ2n) is 5.91. The maximum atomic E-state index is 14.5. The molecule has 7 heteroatoms. The number of benzene rings is 2. The van der Waals surface area contributed by atoms with Crippen LogP contribution in [0.5, 0.6) is 0 Å². The van der Waals surface area contributed by atoms with Crippen LogP contribution in [0, 0.1) is 5.82 Å². The van der Waals surface area contributed by atoms with Crippen molar-refractivity contribution < 1.29 is 4.39 Å². The van der Waals surface area contributed by atoms with Crippen LogP contribution in [0.4, 0.5) is 15.9 Å². The zero-order valence-electron chi connectivity index (χ0n) is 13.1. The van der Waals surface area contributed by atoms with Crippen LogP contribution in [-0.4, -0.2) is 4.98 Å². The average molecular weight is 392 g/mol. The van der Waals surface area contributed by atoms with E-state index in [0.717, 1.165) is 24.8 Å². The first kappa shape index (κ1) is 16.7. The summed E-state index contributed by atoms with van der Waals surface area (Å²) in [6.45, 7) is 0. The zero-order chi connectivity index (χ0) is 17.3. The van der Waals surface area contributed by atoms with Crippen molar-refractivity contribution in [3.8, 4) is 0 Å². The molecule has 1 fully saturated rings. The number of halogens is 2. The van der Waals surface area contributed by atoms with Gasteiger partial charge in [-0.25, -0.2) is 9.37 Å². The van der Waals surface area contributed by atoms with Crippen LogP contribution in [0.25, 0.3) is 0 Å². The first-order chi connectivity index (χ1) is 12.2. The van der Waals surface area contributed by atoms with Crippen molar-refractivity contribution in [2.45, 2.75) is 23.3 Å². The van der Waals surface area contributed by atoms with Crippen LogP contribution in [0.2, 0.25) is 5.02 Å². The summed E-state index contributed by atoms with van der Waals surface area (Å²) in [5.41, 5.74) is 3.41. The lowest BCUT2D eigenvalue weighted by Crippen LogP contribution is -2.19. The Morgan fingerprint density at radius 3 is 2.68 bits per heavy atom. The number of rotatable bonds is 6. The molecule has 1 aliphatic carbocycles. The first-order valence-corrected chi connectivity index (χ1v) is 9.94. The number of hydrogen-bond acceptors (Lipinski definition) is 5. The minimum absolute atomic E-state index is 0.134. The molecule has 0 bridgehead atoms. The zero-order valence-corrected chi connectivity index (χ0v) is 15.5. The molecule has 1 heterocycles. The quantitative estimate of drug-likeness (QED) is 0.493. The van der Waals surface area contributed by atoms with E-state index in [9.17, 15) is 4.39 Å². The standard InChI is InChI=1S/C18H15ClFN3S2/c19-13-8-16(25-23-17-10-24-11-21-17)14(20)9-15(13)22-18(6-7-18)12-4-2-1-3-5-12/h1-5,8-11,22-23H,6-7H2. The van der Waals surface area contributed by atoms with E-state index in [1.807, 2.05) is 23.6 Å². The van der Waals surface area contributed by atoms with Crippen LogP contribution in [0.1, 0.15) is 18.4 Å². The largest absolute Gasteiger partial charge is 0.374 e. The summed E-state index contributed by atoms with van der Waals surface area (Å²) in [6.07, 6.45) is 2.02. The molecule has 0 unspecified atom stereocenters. The third kappa shape index (κ3) is 3.61. The van der Waals surface area contributed by atoms with Crippen molar-refractivity contribution in [1.82, 2.24) is 4.98 Å². The Kier molecular flexibility index (Phi) is 4.58. The van der Waals surface area contributed by atoms with Gasteiger partial charge >= 0.3 is 0 Å². The van der Waals surface area contributed by atoms with E-state index < -0.39 is 0 Å². The van der Waals surface area contributed by atoms with Crippen LogP contribution >= 0.6 is 34.9 Å². The van der Waals surface area contributed by atoms with E-state index in [0.29, 0.717) is 21.4 Å². The lowest BCUT2D eigenvalue weighted by Gasteiger charge is -2.21. The van der Waals surface area contributed by atoms with Gasteiger partial charge in [-0.05, 0) is 42.5 Å². The van der Waals surface area contributed by atoms with Gasteiger partial charge in [-0.1, -0.05) is 41.9 Å². The van der Waals surface area contributed by atoms with Crippen LogP contribution in [-0.2, 0) is 5.54 Å². The van der Waals surface area contributed by atoms with Crippen molar-refractivity contribution in [3.63, 3.8) is 0 Å². The molecule has 3 nitrogen and oxygen atoms in total. The molecule has 3 aromatic rings. The molecule has 2 N–H and O–H groups in total. The van der Waals surface area contributed by atoms with Crippen molar-refractivity contribution >= 4 is 46.4 Å². The lowest BCUT2D eigenvalue weighted by molar-refractivity contribution is 0.602. The van der Waals surface area contributed by atoms with Crippen molar-refractivity contribution in [1.29, 1.82) is 0 Å². The lowest BCUT2D eigenvalue weighted by atomic mass is 10.0. The predicted molar refractivity (Wildman–Crippen MR) is 104 cm³/mol. The molecule has 1 aliphatic rings. The van der Waals surface area contributed by atoms with E-state index in [1.165, 1.54) is 23.0 Å². The van der Waals surface area contributed by atoms with Gasteiger partial charge in [0.25, 0.3) is 0 Å². The van der Waals surface area contributed by atoms with Crippen LogP contribution < -0.4 is 10.0 Å². The highest BCUT2D eigenvalue weighted by atomic mass is 35.5. The average Bonchev–Trinajstić information content (AvgIpc) is 3.22. The Morgan fingerprint density at radius 1 is 1.20 bits per heavy atom. The second kappa shape index (κ2) is 6.86. The van der Waals surface area contributed by atoms with Gasteiger partial charge in [-0.2, -0.15) is 0 Å². The maximum absolute atomic E-state index is 14.5. The number of hydrogen-bond donors (Lipinski definition) is 2. The van der Waals surface area contributed by atoms with Crippen molar-refractivity contribution in [3.05, 3.63) is 69.8 Å². The molecule has 1 saturated carbocycles. The number of nitrogens with one attached hydrogen (secondary N) is 2. The minimum Gasteiger partial charge on any atom is -0.374 e. The predicted octanol–water partition coefficient (Wildman–Crippen LogP) is 6.16. The summed E-state index contributed by atoms with van der Waals surface area (Å²) < 4.78 is 17.5. The smallest absolute Gasteiger partial charge is 0.147 e. The molecule has 0 aliphatic heterocycles. The van der Waals surface area contributed by atoms with Crippen LogP contribution in [0.3, 0.4) is 0 Å². The number of aromatic nitrogens is 1. The molecular weight excluding hydrogens is 377 g/mol. The van der Waals surface area contributed by atoms with Crippen molar-refractivity contribution in [2.75, 3.05) is 10.0 Å². The van der Waals surface area contributed by atoms with Gasteiger partial charge in [0, 0.05) is 5.38 Å². The molecule has 0 atom stereocenters. The molecule has 0 saturated heterocycles. The summed E-state index contributed by atoms with van der Waals surface area (Å²) in [6, 6.07) is 13.3. The van der Waals surface area contributed by atoms with Gasteiger partial charge in [0.15, 0.2) is 0 Å². The van der Waals surface area contributed by atoms with Gasteiger partial charge in [0.1, 0.15) is 11.6 Å². The Hall–Kier alpha value is -1.76. The Morgan fingerprint density at radius 2 is 2.00 bits per heavy atom. The molecule has 128 valence electrons. The third-order valence-corrected chi connectivity index (χ3v) is 5.91. The third-order valence-electron chi connectivity index (χ3n) is 4.17. The molecule has 0 radical (unpaired) electrons. The second-order valence-corrected chi connectivity index (χ2v) is 7.89. The molecule has 4 rings (SSSR count). The molecule has 1 aromatic heterocycles. The minimum atomic E-state index is -0.316. The summed E-state index contributed by atoms with van der Waals surface area (Å²) in [5, 5.41) is 5.81. The van der Waals surface area contributed by atoms with Gasteiger partial charge in [0.2, 0.25) is 0 Å². The Labute approximate surface area is 158 Å². The van der Waals surface area contributed by atoms with E-state index >= 15 is 0 Å². The fraction of sp³-hybridized carbons (Fsp3) is 0.167. The topological polar surface area (TPSA) is 37.0 Å². The van der Waals surface area contributed by atoms with Gasteiger partial charge in [-0.3, -0.25) is 0 Å². The van der Waals surface area contributed by atoms with E-state index in [-0.39, 0.29) is 11.4 Å². The summed E-state index contributed by atoms with van der Waals surface area (Å²) >= 11 is 9.04. The Balaban J connectivity index is 1.52. The Bertz CT molecular complexity index is 868. The van der Waals surface area contributed by atoms with Crippen molar-refractivity contribution in [2.24, 2.45) is 0 Å². The van der Waals surface area contributed by atoms with Gasteiger partial charge in [-0.15, -0.1) is 11.3 Å². The number of anilines is 2. The summed E-state index contributed by atoms with van der Waals surface area (Å²) in [5.74, 6) is 0.386. The highest BCUT2D eigenvalue weighted by Crippen LogP contribution is 2.49. The molecule has 25 heavy (non-hydrogen) atoms. The fourth-order valence-electron chi connectivity index (χ4n) is 2.70. The first-order valence-electron chi connectivity index (χ1n) is 7.80. The summed E-state index contributed by atoms with van der Waals surface area (Å²) in [4.78, 5) is 4.55. The number of thiazole rings is 1. The van der Waals surface area contributed by atoms with Crippen LogP contribution in [0.15, 0.2) is 58.3 Å². The van der Waals surface area contributed by atoms with E-state index in [1.54, 1.807) is 11.6 Å². The maximum Gasteiger partial charge on any atom is 0.147 e. The molecular formula is C18H15ClFN3S2. The van der Waals surface area contributed by atoms with E-state index in [4.69, 9.17) is 11.6 Å². The normalized spacial score (nSPS) is 15.0. The monoisotopic (exact) mass is 391 g/mol. The summed E-state index contributed by atoms with van der Waals surface area (Å²) in [7, 11) is 0.